The number of carbonyl (C=O) groups excluding carboxylic acids is 2. The molecule has 1 atom stereocenters. The van der Waals surface area contributed by atoms with Gasteiger partial charge < -0.3 is 14.7 Å². The molecule has 0 aliphatic carbocycles. The molecular weight excluding hydrogens is 438 g/mol. The molecule has 5 nitrogen and oxygen atoms in total. The zero-order valence-corrected chi connectivity index (χ0v) is 20.1. The molecule has 0 aromatic heterocycles. The number of ketones is 1. The number of amides is 1. The number of benzene rings is 2. The topological polar surface area (TPSA) is 66.8 Å². The van der Waals surface area contributed by atoms with Crippen LogP contribution in [-0.2, 0) is 9.59 Å². The minimum atomic E-state index is -0.663. The second-order valence-electron chi connectivity index (χ2n) is 8.33. The Morgan fingerprint density at radius 2 is 1.58 bits per heavy atom. The van der Waals surface area contributed by atoms with E-state index in [1.54, 1.807) is 53.4 Å². The van der Waals surface area contributed by atoms with Crippen LogP contribution >= 0.6 is 11.6 Å². The quantitative estimate of drug-likeness (QED) is 0.176. The standard InChI is InChI=1S/C27H32ClNO4/c1-3-5-7-17-29-24(19-9-13-21(28)14-10-19)23(26(31)27(29)32)25(30)20-11-15-22(16-12-20)33-18-8-6-4-2/h9-16,24,30H,3-8,17-18H2,1-2H3/b25-23-. The van der Waals surface area contributed by atoms with Crippen molar-refractivity contribution in [2.75, 3.05) is 13.2 Å². The highest BCUT2D eigenvalue weighted by atomic mass is 35.5. The molecule has 3 rings (SSSR count). The lowest BCUT2D eigenvalue weighted by Crippen LogP contribution is -2.30. The van der Waals surface area contributed by atoms with Crippen LogP contribution < -0.4 is 4.74 Å². The molecule has 6 heteroatoms. The zero-order valence-electron chi connectivity index (χ0n) is 19.4. The minimum absolute atomic E-state index is 0.107. The lowest BCUT2D eigenvalue weighted by Gasteiger charge is -2.25. The Kier molecular flexibility index (Phi) is 8.95. The van der Waals surface area contributed by atoms with E-state index < -0.39 is 17.7 Å². The molecule has 1 aliphatic rings. The van der Waals surface area contributed by atoms with E-state index in [2.05, 4.69) is 13.8 Å². The van der Waals surface area contributed by atoms with E-state index in [0.29, 0.717) is 29.5 Å². The highest BCUT2D eigenvalue weighted by molar-refractivity contribution is 6.46. The van der Waals surface area contributed by atoms with Gasteiger partial charge in [0.1, 0.15) is 11.5 Å². The highest BCUT2D eigenvalue weighted by Gasteiger charge is 2.45. The summed E-state index contributed by atoms with van der Waals surface area (Å²) in [5.74, 6) is -0.715. The van der Waals surface area contributed by atoms with Gasteiger partial charge in [0.2, 0.25) is 0 Å². The van der Waals surface area contributed by atoms with Crippen LogP contribution in [0.2, 0.25) is 5.02 Å². The van der Waals surface area contributed by atoms with E-state index in [9.17, 15) is 14.7 Å². The number of nitrogens with zero attached hydrogens (tertiary/aromatic N) is 1. The second-order valence-corrected chi connectivity index (χ2v) is 8.77. The molecule has 1 unspecified atom stereocenters. The van der Waals surface area contributed by atoms with Crippen molar-refractivity contribution < 1.29 is 19.4 Å². The molecule has 0 spiro atoms. The van der Waals surface area contributed by atoms with E-state index in [0.717, 1.165) is 44.1 Å². The summed E-state index contributed by atoms with van der Waals surface area (Å²) in [7, 11) is 0. The number of Topliss-reactive ketones (excluding diaryl/α,β-unsaturated/α-hetero) is 1. The number of halogens is 1. The second kappa shape index (κ2) is 11.9. The fourth-order valence-electron chi connectivity index (χ4n) is 4.04. The number of ether oxygens (including phenoxy) is 1. The SMILES string of the molecule is CCCCCOc1ccc(/C(O)=C2/C(=O)C(=O)N(CCCCC)C2c2ccc(Cl)cc2)cc1. The van der Waals surface area contributed by atoms with Crippen LogP contribution in [0.3, 0.4) is 0 Å². The van der Waals surface area contributed by atoms with E-state index >= 15 is 0 Å². The average molecular weight is 470 g/mol. The summed E-state index contributed by atoms with van der Waals surface area (Å²) in [6.45, 7) is 5.32. The van der Waals surface area contributed by atoms with Crippen molar-refractivity contribution in [1.82, 2.24) is 4.90 Å². The van der Waals surface area contributed by atoms with Crippen molar-refractivity contribution in [3.8, 4) is 5.75 Å². The first-order valence-electron chi connectivity index (χ1n) is 11.7. The third-order valence-electron chi connectivity index (χ3n) is 5.87. The largest absolute Gasteiger partial charge is 0.507 e. The summed E-state index contributed by atoms with van der Waals surface area (Å²) in [5.41, 5.74) is 1.32. The molecule has 0 radical (unpaired) electrons. The van der Waals surface area contributed by atoms with Crippen LogP contribution in [0.25, 0.3) is 5.76 Å². The highest BCUT2D eigenvalue weighted by Crippen LogP contribution is 2.40. The summed E-state index contributed by atoms with van der Waals surface area (Å²) in [6, 6.07) is 13.4. The van der Waals surface area contributed by atoms with Gasteiger partial charge in [0, 0.05) is 17.1 Å². The molecule has 1 amide bonds. The Labute approximate surface area is 201 Å². The van der Waals surface area contributed by atoms with Gasteiger partial charge in [-0.1, -0.05) is 63.3 Å². The van der Waals surface area contributed by atoms with Gasteiger partial charge in [-0.15, -0.1) is 0 Å². The van der Waals surface area contributed by atoms with Crippen molar-refractivity contribution in [2.24, 2.45) is 0 Å². The van der Waals surface area contributed by atoms with Crippen molar-refractivity contribution in [2.45, 2.75) is 58.4 Å². The Morgan fingerprint density at radius 3 is 2.21 bits per heavy atom. The molecule has 1 saturated heterocycles. The first-order valence-corrected chi connectivity index (χ1v) is 12.1. The maximum atomic E-state index is 13.0. The van der Waals surface area contributed by atoms with Gasteiger partial charge in [0.15, 0.2) is 0 Å². The molecule has 1 heterocycles. The third-order valence-corrected chi connectivity index (χ3v) is 6.12. The van der Waals surface area contributed by atoms with Crippen molar-refractivity contribution in [3.05, 3.63) is 70.3 Å². The Morgan fingerprint density at radius 1 is 0.939 bits per heavy atom. The molecule has 33 heavy (non-hydrogen) atoms. The number of likely N-dealkylation sites (tertiary alicyclic amines) is 1. The molecule has 176 valence electrons. The first-order chi connectivity index (χ1) is 16.0. The van der Waals surface area contributed by atoms with E-state index in [-0.39, 0.29) is 11.3 Å². The van der Waals surface area contributed by atoms with Gasteiger partial charge >= 0.3 is 0 Å². The van der Waals surface area contributed by atoms with Gasteiger partial charge in [-0.05, 0) is 54.8 Å². The maximum absolute atomic E-state index is 13.0. The van der Waals surface area contributed by atoms with Crippen LogP contribution in [0, 0.1) is 0 Å². The van der Waals surface area contributed by atoms with E-state index in [1.807, 2.05) is 0 Å². The number of unbranched alkanes of at least 4 members (excludes halogenated alkanes) is 4. The number of hydrogen-bond donors (Lipinski definition) is 1. The smallest absolute Gasteiger partial charge is 0.295 e. The van der Waals surface area contributed by atoms with Gasteiger partial charge in [-0.25, -0.2) is 0 Å². The number of hydrogen-bond acceptors (Lipinski definition) is 4. The fourth-order valence-corrected chi connectivity index (χ4v) is 4.17. The maximum Gasteiger partial charge on any atom is 0.295 e. The molecule has 2 aromatic rings. The van der Waals surface area contributed by atoms with Crippen LogP contribution in [-0.4, -0.2) is 34.8 Å². The van der Waals surface area contributed by atoms with Crippen LogP contribution in [0.4, 0.5) is 0 Å². The predicted molar refractivity (Wildman–Crippen MR) is 131 cm³/mol. The van der Waals surface area contributed by atoms with Crippen molar-refractivity contribution >= 4 is 29.1 Å². The van der Waals surface area contributed by atoms with Crippen LogP contribution in [0.15, 0.2) is 54.1 Å². The molecule has 2 aromatic carbocycles. The van der Waals surface area contributed by atoms with Crippen LogP contribution in [0.1, 0.15) is 69.5 Å². The molecule has 1 N–H and O–H groups in total. The first kappa shape index (κ1) is 24.8. The number of rotatable bonds is 11. The average Bonchev–Trinajstić information content (AvgIpc) is 3.07. The van der Waals surface area contributed by atoms with Crippen LogP contribution in [0.5, 0.6) is 5.75 Å². The summed E-state index contributed by atoms with van der Waals surface area (Å²) in [5, 5.41) is 11.7. The monoisotopic (exact) mass is 469 g/mol. The Balaban J connectivity index is 1.93. The summed E-state index contributed by atoms with van der Waals surface area (Å²) < 4.78 is 5.74. The van der Waals surface area contributed by atoms with E-state index in [1.165, 1.54) is 0 Å². The molecule has 1 fully saturated rings. The molecule has 1 aliphatic heterocycles. The Bertz CT molecular complexity index is 982. The van der Waals surface area contributed by atoms with Gasteiger partial charge in [0.25, 0.3) is 11.7 Å². The molecule has 0 bridgehead atoms. The van der Waals surface area contributed by atoms with Gasteiger partial charge in [0.05, 0.1) is 18.2 Å². The minimum Gasteiger partial charge on any atom is -0.507 e. The van der Waals surface area contributed by atoms with Gasteiger partial charge in [-0.2, -0.15) is 0 Å². The number of carbonyl (C=O) groups is 2. The fraction of sp³-hybridized carbons (Fsp3) is 0.407. The molecular formula is C27H32ClNO4. The zero-order chi connectivity index (χ0) is 23.8. The van der Waals surface area contributed by atoms with E-state index in [4.69, 9.17) is 16.3 Å². The number of aliphatic hydroxyl groups is 1. The lowest BCUT2D eigenvalue weighted by molar-refractivity contribution is -0.139. The predicted octanol–water partition coefficient (Wildman–Crippen LogP) is 6.52. The van der Waals surface area contributed by atoms with Crippen molar-refractivity contribution in [1.29, 1.82) is 0 Å². The van der Waals surface area contributed by atoms with Gasteiger partial charge in [-0.3, -0.25) is 9.59 Å². The Hall–Kier alpha value is -2.79. The summed E-state index contributed by atoms with van der Waals surface area (Å²) in [4.78, 5) is 27.5. The summed E-state index contributed by atoms with van der Waals surface area (Å²) in [6.07, 6.45) is 5.97. The number of aliphatic hydroxyl groups excluding tert-OH is 1. The molecule has 0 saturated carbocycles. The third kappa shape index (κ3) is 5.97. The lowest BCUT2D eigenvalue weighted by atomic mass is 9.95. The normalized spacial score (nSPS) is 17.5. The van der Waals surface area contributed by atoms with Crippen molar-refractivity contribution in [3.63, 3.8) is 0 Å². The summed E-state index contributed by atoms with van der Waals surface area (Å²) >= 11 is 6.06.